The first-order valence-electron chi connectivity index (χ1n) is 8.36. The van der Waals surface area contributed by atoms with Crippen LogP contribution >= 0.6 is 0 Å². The van der Waals surface area contributed by atoms with Crippen molar-refractivity contribution in [2.75, 3.05) is 31.1 Å². The molecule has 1 aliphatic heterocycles. The first-order valence-corrected chi connectivity index (χ1v) is 8.36. The topological polar surface area (TPSA) is 92.7 Å². The second kappa shape index (κ2) is 5.80. The SMILES string of the molecule is O=C(c1cc2ccccc2o1)N1CCN(c2ccc3nnnn3n2)CC1. The summed E-state index contributed by atoms with van der Waals surface area (Å²) in [4.78, 5) is 16.6. The summed E-state index contributed by atoms with van der Waals surface area (Å²) < 4.78 is 7.10. The number of aromatic nitrogens is 5. The highest BCUT2D eigenvalue weighted by Gasteiger charge is 2.25. The molecule has 1 aromatic carbocycles. The number of furan rings is 1. The molecule has 130 valence electrons. The summed E-state index contributed by atoms with van der Waals surface area (Å²) in [5.41, 5.74) is 1.33. The van der Waals surface area contributed by atoms with Crippen LogP contribution in [0.25, 0.3) is 16.6 Å². The van der Waals surface area contributed by atoms with Gasteiger partial charge in [-0.25, -0.2) is 0 Å². The van der Waals surface area contributed by atoms with Crippen molar-refractivity contribution in [3.63, 3.8) is 0 Å². The number of anilines is 1. The van der Waals surface area contributed by atoms with Crippen molar-refractivity contribution in [1.82, 2.24) is 30.2 Å². The van der Waals surface area contributed by atoms with Gasteiger partial charge >= 0.3 is 0 Å². The highest BCUT2D eigenvalue weighted by Crippen LogP contribution is 2.21. The molecule has 1 fully saturated rings. The van der Waals surface area contributed by atoms with Crippen LogP contribution < -0.4 is 4.90 Å². The van der Waals surface area contributed by atoms with E-state index in [-0.39, 0.29) is 5.91 Å². The summed E-state index contributed by atoms with van der Waals surface area (Å²) in [6, 6.07) is 13.2. The quantitative estimate of drug-likeness (QED) is 0.537. The largest absolute Gasteiger partial charge is 0.451 e. The number of fused-ring (bicyclic) bond motifs is 2. The van der Waals surface area contributed by atoms with E-state index < -0.39 is 0 Å². The number of amides is 1. The Balaban J connectivity index is 1.30. The van der Waals surface area contributed by atoms with Crippen LogP contribution in [0.2, 0.25) is 0 Å². The molecule has 9 nitrogen and oxygen atoms in total. The molecule has 1 saturated heterocycles. The predicted octanol–water partition coefficient (Wildman–Crippen LogP) is 1.23. The van der Waals surface area contributed by atoms with E-state index in [1.165, 1.54) is 4.63 Å². The molecule has 9 heteroatoms. The fourth-order valence-electron chi connectivity index (χ4n) is 3.19. The standard InChI is InChI=1S/C17H15N7O2/c25-17(14-11-12-3-1-2-4-13(12)26-14)23-9-7-22(8-10-23)16-6-5-15-18-20-21-24(15)19-16/h1-6,11H,7-10H2. The fourth-order valence-corrected chi connectivity index (χ4v) is 3.19. The van der Waals surface area contributed by atoms with Gasteiger partial charge < -0.3 is 14.2 Å². The van der Waals surface area contributed by atoms with Gasteiger partial charge in [0.1, 0.15) is 5.58 Å². The van der Waals surface area contributed by atoms with Crippen molar-refractivity contribution in [2.24, 2.45) is 0 Å². The Morgan fingerprint density at radius 2 is 1.88 bits per heavy atom. The molecule has 0 unspecified atom stereocenters. The Morgan fingerprint density at radius 3 is 2.73 bits per heavy atom. The van der Waals surface area contributed by atoms with Gasteiger partial charge in [-0.15, -0.1) is 14.8 Å². The van der Waals surface area contributed by atoms with Gasteiger partial charge in [-0.05, 0) is 34.7 Å². The van der Waals surface area contributed by atoms with Crippen molar-refractivity contribution in [1.29, 1.82) is 0 Å². The van der Waals surface area contributed by atoms with Crippen molar-refractivity contribution < 1.29 is 9.21 Å². The van der Waals surface area contributed by atoms with E-state index in [0.29, 0.717) is 37.6 Å². The average Bonchev–Trinajstić information content (AvgIpc) is 3.33. The molecule has 1 amide bonds. The molecule has 0 spiro atoms. The molecule has 0 bridgehead atoms. The first kappa shape index (κ1) is 14.8. The van der Waals surface area contributed by atoms with Gasteiger partial charge in [-0.1, -0.05) is 18.2 Å². The zero-order chi connectivity index (χ0) is 17.5. The van der Waals surface area contributed by atoms with Gasteiger partial charge in [-0.2, -0.15) is 0 Å². The Morgan fingerprint density at radius 1 is 1.04 bits per heavy atom. The average molecular weight is 349 g/mol. The molecule has 4 heterocycles. The smallest absolute Gasteiger partial charge is 0.289 e. The molecule has 0 saturated carbocycles. The third kappa shape index (κ3) is 2.44. The maximum atomic E-state index is 12.7. The summed E-state index contributed by atoms with van der Waals surface area (Å²) in [6.45, 7) is 2.58. The summed E-state index contributed by atoms with van der Waals surface area (Å²) >= 11 is 0. The number of hydrogen-bond acceptors (Lipinski definition) is 7. The molecule has 0 atom stereocenters. The number of rotatable bonds is 2. The maximum Gasteiger partial charge on any atom is 0.289 e. The van der Waals surface area contributed by atoms with Crippen molar-refractivity contribution in [3.8, 4) is 0 Å². The summed E-state index contributed by atoms with van der Waals surface area (Å²) in [5.74, 6) is 1.10. The summed E-state index contributed by atoms with van der Waals surface area (Å²) in [7, 11) is 0. The minimum Gasteiger partial charge on any atom is -0.451 e. The summed E-state index contributed by atoms with van der Waals surface area (Å²) in [5, 5.41) is 16.6. The predicted molar refractivity (Wildman–Crippen MR) is 92.9 cm³/mol. The molecule has 0 N–H and O–H groups in total. The van der Waals surface area contributed by atoms with E-state index in [9.17, 15) is 4.79 Å². The van der Waals surface area contributed by atoms with Crippen LogP contribution in [0.15, 0.2) is 46.9 Å². The molecule has 26 heavy (non-hydrogen) atoms. The van der Waals surface area contributed by atoms with E-state index in [1.807, 2.05) is 41.3 Å². The van der Waals surface area contributed by atoms with Gasteiger partial charge in [-0.3, -0.25) is 4.79 Å². The van der Waals surface area contributed by atoms with E-state index in [4.69, 9.17) is 4.42 Å². The normalized spacial score (nSPS) is 15.1. The van der Waals surface area contributed by atoms with Crippen LogP contribution in [0.1, 0.15) is 10.6 Å². The van der Waals surface area contributed by atoms with Crippen molar-refractivity contribution in [2.45, 2.75) is 0 Å². The molecule has 3 aromatic heterocycles. The minimum atomic E-state index is -0.0789. The highest BCUT2D eigenvalue weighted by atomic mass is 16.3. The van der Waals surface area contributed by atoms with E-state index in [1.54, 1.807) is 6.07 Å². The lowest BCUT2D eigenvalue weighted by atomic mass is 10.2. The van der Waals surface area contributed by atoms with Crippen molar-refractivity contribution >= 4 is 28.3 Å². The second-order valence-electron chi connectivity index (χ2n) is 6.15. The third-order valence-corrected chi connectivity index (χ3v) is 4.58. The van der Waals surface area contributed by atoms with Crippen LogP contribution in [0.5, 0.6) is 0 Å². The molecule has 4 aromatic rings. The number of tetrazole rings is 1. The number of carbonyl (C=O) groups is 1. The lowest BCUT2D eigenvalue weighted by Gasteiger charge is -2.34. The van der Waals surface area contributed by atoms with Gasteiger partial charge in [0.25, 0.3) is 5.91 Å². The van der Waals surface area contributed by atoms with Gasteiger partial charge in [0.15, 0.2) is 17.2 Å². The van der Waals surface area contributed by atoms with E-state index >= 15 is 0 Å². The minimum absolute atomic E-state index is 0.0789. The number of carbonyl (C=O) groups excluding carboxylic acids is 1. The van der Waals surface area contributed by atoms with E-state index in [2.05, 4.69) is 25.5 Å². The zero-order valence-corrected chi connectivity index (χ0v) is 13.8. The molecular formula is C17H15N7O2. The Kier molecular flexibility index (Phi) is 3.30. The number of benzene rings is 1. The Labute approximate surface area is 147 Å². The summed E-state index contributed by atoms with van der Waals surface area (Å²) in [6.07, 6.45) is 0. The van der Waals surface area contributed by atoms with Crippen LogP contribution in [0, 0.1) is 0 Å². The molecule has 1 aliphatic rings. The Hall–Kier alpha value is -3.49. The molecule has 5 rings (SSSR count). The number of hydrogen-bond donors (Lipinski definition) is 0. The lowest BCUT2D eigenvalue weighted by molar-refractivity contribution is 0.0717. The number of nitrogens with zero attached hydrogens (tertiary/aromatic N) is 7. The van der Waals surface area contributed by atoms with Gasteiger partial charge in [0, 0.05) is 31.6 Å². The molecule has 0 radical (unpaired) electrons. The van der Waals surface area contributed by atoms with Crippen LogP contribution in [0.3, 0.4) is 0 Å². The fraction of sp³-hybridized carbons (Fsp3) is 0.235. The highest BCUT2D eigenvalue weighted by molar-refractivity contribution is 5.96. The maximum absolute atomic E-state index is 12.7. The molecule has 0 aliphatic carbocycles. The number of para-hydroxylation sites is 1. The van der Waals surface area contributed by atoms with E-state index in [0.717, 1.165) is 16.8 Å². The lowest BCUT2D eigenvalue weighted by Crippen LogP contribution is -2.49. The molecular weight excluding hydrogens is 334 g/mol. The van der Waals surface area contributed by atoms with Crippen LogP contribution in [0.4, 0.5) is 5.82 Å². The van der Waals surface area contributed by atoms with Gasteiger partial charge in [0.2, 0.25) is 0 Å². The monoisotopic (exact) mass is 349 g/mol. The van der Waals surface area contributed by atoms with Crippen LogP contribution in [-0.2, 0) is 0 Å². The van der Waals surface area contributed by atoms with Crippen molar-refractivity contribution in [3.05, 3.63) is 48.2 Å². The van der Waals surface area contributed by atoms with Gasteiger partial charge in [0.05, 0.1) is 0 Å². The zero-order valence-electron chi connectivity index (χ0n) is 13.8. The first-order chi connectivity index (χ1) is 12.8. The van der Waals surface area contributed by atoms with Crippen LogP contribution in [-0.4, -0.2) is 62.2 Å². The number of piperazine rings is 1. The third-order valence-electron chi connectivity index (χ3n) is 4.58. The Bertz CT molecular complexity index is 1060. The second-order valence-corrected chi connectivity index (χ2v) is 6.15.